The maximum Gasteiger partial charge on any atom is 0.141 e. The van der Waals surface area contributed by atoms with E-state index in [2.05, 4.69) is 5.10 Å². The van der Waals surface area contributed by atoms with Crippen molar-refractivity contribution in [3.63, 3.8) is 0 Å². The molecule has 0 fully saturated rings. The monoisotopic (exact) mass is 239 g/mol. The third kappa shape index (κ3) is 2.23. The predicted octanol–water partition coefficient (Wildman–Crippen LogP) is 2.17. The topological polar surface area (TPSA) is 43.8 Å². The first-order valence-electron chi connectivity index (χ1n) is 4.91. The number of halogens is 2. The van der Waals surface area contributed by atoms with Crippen LogP contribution in [-0.2, 0) is 6.42 Å². The van der Waals surface area contributed by atoms with E-state index in [0.29, 0.717) is 6.54 Å². The highest BCUT2D eigenvalue weighted by Crippen LogP contribution is 2.18. The quantitative estimate of drug-likeness (QED) is 0.892. The minimum Gasteiger partial charge on any atom is -0.330 e. The molecule has 5 heteroatoms. The molecular weight excluding hydrogens is 229 g/mol. The van der Waals surface area contributed by atoms with Gasteiger partial charge in [0.05, 0.1) is 16.4 Å². The molecule has 0 aliphatic heterocycles. The second-order valence-electron chi connectivity index (χ2n) is 3.39. The highest BCUT2D eigenvalue weighted by Gasteiger charge is 2.04. The third-order valence-electron chi connectivity index (χ3n) is 2.21. The van der Waals surface area contributed by atoms with Crippen molar-refractivity contribution in [2.24, 2.45) is 5.73 Å². The second kappa shape index (κ2) is 4.63. The van der Waals surface area contributed by atoms with Crippen LogP contribution < -0.4 is 5.73 Å². The van der Waals surface area contributed by atoms with Crippen LogP contribution >= 0.6 is 11.6 Å². The van der Waals surface area contributed by atoms with Crippen LogP contribution in [-0.4, -0.2) is 16.3 Å². The molecule has 0 atom stereocenters. The first kappa shape index (κ1) is 11.1. The first-order valence-corrected chi connectivity index (χ1v) is 5.28. The van der Waals surface area contributed by atoms with Crippen molar-refractivity contribution in [2.75, 3.05) is 6.54 Å². The molecule has 2 rings (SSSR count). The van der Waals surface area contributed by atoms with Gasteiger partial charge in [-0.15, -0.1) is 0 Å². The Bertz CT molecular complexity index is 496. The van der Waals surface area contributed by atoms with E-state index >= 15 is 0 Å². The first-order chi connectivity index (χ1) is 7.70. The zero-order chi connectivity index (χ0) is 11.5. The van der Waals surface area contributed by atoms with Gasteiger partial charge >= 0.3 is 0 Å². The van der Waals surface area contributed by atoms with Crippen LogP contribution in [0.3, 0.4) is 0 Å². The van der Waals surface area contributed by atoms with Gasteiger partial charge < -0.3 is 5.73 Å². The highest BCUT2D eigenvalue weighted by atomic mass is 35.5. The van der Waals surface area contributed by atoms with Gasteiger partial charge in [0.15, 0.2) is 0 Å². The largest absolute Gasteiger partial charge is 0.330 e. The van der Waals surface area contributed by atoms with E-state index in [1.54, 1.807) is 16.9 Å². The zero-order valence-corrected chi connectivity index (χ0v) is 9.28. The van der Waals surface area contributed by atoms with E-state index in [4.69, 9.17) is 17.3 Å². The highest BCUT2D eigenvalue weighted by molar-refractivity contribution is 6.30. The van der Waals surface area contributed by atoms with Gasteiger partial charge in [0.25, 0.3) is 0 Å². The van der Waals surface area contributed by atoms with E-state index in [9.17, 15) is 4.39 Å². The molecule has 2 aromatic rings. The molecule has 0 saturated carbocycles. The molecule has 84 valence electrons. The number of hydrogen-bond acceptors (Lipinski definition) is 2. The lowest BCUT2D eigenvalue weighted by Crippen LogP contribution is -2.04. The summed E-state index contributed by atoms with van der Waals surface area (Å²) >= 11 is 5.70. The Kier molecular flexibility index (Phi) is 3.22. The van der Waals surface area contributed by atoms with E-state index in [1.807, 2.05) is 6.07 Å². The maximum absolute atomic E-state index is 13.0. The van der Waals surface area contributed by atoms with Crippen molar-refractivity contribution in [1.82, 2.24) is 9.78 Å². The van der Waals surface area contributed by atoms with Crippen LogP contribution in [0.4, 0.5) is 4.39 Å². The van der Waals surface area contributed by atoms with Crippen LogP contribution in [0.25, 0.3) is 5.69 Å². The van der Waals surface area contributed by atoms with Crippen molar-refractivity contribution >= 4 is 11.6 Å². The van der Waals surface area contributed by atoms with E-state index in [1.165, 1.54) is 12.1 Å². The Hall–Kier alpha value is -1.39. The van der Waals surface area contributed by atoms with Crippen LogP contribution in [0.15, 0.2) is 30.5 Å². The van der Waals surface area contributed by atoms with Crippen molar-refractivity contribution < 1.29 is 4.39 Å². The summed E-state index contributed by atoms with van der Waals surface area (Å²) in [5.41, 5.74) is 7.07. The molecule has 16 heavy (non-hydrogen) atoms. The summed E-state index contributed by atoms with van der Waals surface area (Å²) in [7, 11) is 0. The summed E-state index contributed by atoms with van der Waals surface area (Å²) < 4.78 is 14.6. The van der Waals surface area contributed by atoms with Crippen LogP contribution in [0.5, 0.6) is 0 Å². The molecule has 0 aliphatic rings. The number of nitrogens with zero attached hydrogens (tertiary/aromatic N) is 2. The lowest BCUT2D eigenvalue weighted by molar-refractivity contribution is 0.627. The Labute approximate surface area is 97.6 Å². The van der Waals surface area contributed by atoms with Gasteiger partial charge in [-0.25, -0.2) is 9.07 Å². The molecule has 2 N–H and O–H groups in total. The maximum atomic E-state index is 13.0. The molecule has 1 aromatic heterocycles. The lowest BCUT2D eigenvalue weighted by Gasteiger charge is -2.02. The molecule has 1 heterocycles. The fourth-order valence-corrected chi connectivity index (χ4v) is 1.59. The zero-order valence-electron chi connectivity index (χ0n) is 8.53. The Morgan fingerprint density at radius 3 is 2.88 bits per heavy atom. The molecule has 0 unspecified atom stereocenters. The molecule has 1 aromatic carbocycles. The van der Waals surface area contributed by atoms with Gasteiger partial charge in [-0.05, 0) is 30.8 Å². The molecule has 0 aliphatic carbocycles. The van der Waals surface area contributed by atoms with Crippen LogP contribution in [0.1, 0.15) is 5.69 Å². The van der Waals surface area contributed by atoms with Crippen LogP contribution in [0.2, 0.25) is 5.02 Å². The van der Waals surface area contributed by atoms with Gasteiger partial charge in [-0.1, -0.05) is 11.6 Å². The molecule has 0 saturated heterocycles. The predicted molar refractivity (Wildman–Crippen MR) is 61.3 cm³/mol. The summed E-state index contributed by atoms with van der Waals surface area (Å²) in [6.45, 7) is 0.557. The van der Waals surface area contributed by atoms with E-state index < -0.39 is 5.82 Å². The van der Waals surface area contributed by atoms with Crippen molar-refractivity contribution in [2.45, 2.75) is 6.42 Å². The average molecular weight is 240 g/mol. The standard InChI is InChI=1S/C11H11ClFN3/c12-10-7-9(1-2-11(10)13)16-6-4-8(15-16)3-5-14/h1-2,4,6-7H,3,5,14H2. The summed E-state index contributed by atoms with van der Waals surface area (Å²) in [5, 5.41) is 4.39. The lowest BCUT2D eigenvalue weighted by atomic mass is 10.3. The van der Waals surface area contributed by atoms with Gasteiger partial charge in [0.2, 0.25) is 0 Å². The smallest absolute Gasteiger partial charge is 0.141 e. The summed E-state index contributed by atoms with van der Waals surface area (Å²) in [6.07, 6.45) is 2.52. The number of nitrogens with two attached hydrogens (primary N) is 1. The SMILES string of the molecule is NCCc1ccn(-c2ccc(F)c(Cl)c2)n1. The normalized spacial score (nSPS) is 10.7. The van der Waals surface area contributed by atoms with Crippen molar-refractivity contribution in [3.8, 4) is 5.69 Å². The fraction of sp³-hybridized carbons (Fsp3) is 0.182. The number of aromatic nitrogens is 2. The summed E-state index contributed by atoms with van der Waals surface area (Å²) in [6, 6.07) is 6.36. The minimum atomic E-state index is -0.431. The molecular formula is C11H11ClFN3. The van der Waals surface area contributed by atoms with Crippen molar-refractivity contribution in [1.29, 1.82) is 0 Å². The number of hydrogen-bond donors (Lipinski definition) is 1. The minimum absolute atomic E-state index is 0.0911. The van der Waals surface area contributed by atoms with Crippen LogP contribution in [0, 0.1) is 5.82 Å². The van der Waals surface area contributed by atoms with Gasteiger partial charge in [-0.2, -0.15) is 5.10 Å². The molecule has 3 nitrogen and oxygen atoms in total. The molecule has 0 bridgehead atoms. The fourth-order valence-electron chi connectivity index (χ4n) is 1.41. The number of rotatable bonds is 3. The molecule has 0 radical (unpaired) electrons. The third-order valence-corrected chi connectivity index (χ3v) is 2.50. The van der Waals surface area contributed by atoms with Crippen molar-refractivity contribution in [3.05, 3.63) is 47.0 Å². The van der Waals surface area contributed by atoms with Gasteiger partial charge in [0, 0.05) is 12.6 Å². The average Bonchev–Trinajstić information content (AvgIpc) is 2.71. The summed E-state index contributed by atoms with van der Waals surface area (Å²) in [4.78, 5) is 0. The molecule has 0 spiro atoms. The summed E-state index contributed by atoms with van der Waals surface area (Å²) in [5.74, 6) is -0.431. The molecule has 0 amide bonds. The Balaban J connectivity index is 2.31. The van der Waals surface area contributed by atoms with E-state index in [0.717, 1.165) is 17.8 Å². The Morgan fingerprint density at radius 2 is 2.19 bits per heavy atom. The second-order valence-corrected chi connectivity index (χ2v) is 3.80. The van der Waals surface area contributed by atoms with Gasteiger partial charge in [0.1, 0.15) is 5.82 Å². The Morgan fingerprint density at radius 1 is 1.38 bits per heavy atom. The van der Waals surface area contributed by atoms with Gasteiger partial charge in [-0.3, -0.25) is 0 Å². The van der Waals surface area contributed by atoms with E-state index in [-0.39, 0.29) is 5.02 Å². The number of benzene rings is 1.